The minimum atomic E-state index is -0.356. The lowest BCUT2D eigenvalue weighted by Gasteiger charge is -2.11. The van der Waals surface area contributed by atoms with E-state index in [1.54, 1.807) is 56.6 Å². The van der Waals surface area contributed by atoms with Crippen LogP contribution in [0.15, 0.2) is 54.6 Å². The van der Waals surface area contributed by atoms with Crippen molar-refractivity contribution in [3.63, 3.8) is 0 Å². The van der Waals surface area contributed by atoms with Crippen LogP contribution in [-0.4, -0.2) is 37.3 Å². The van der Waals surface area contributed by atoms with Gasteiger partial charge in [0.2, 0.25) is 0 Å². The Morgan fingerprint density at radius 2 is 1.88 bits per heavy atom. The fraction of sp³-hybridized carbons (Fsp3) is 0.158. The molecule has 0 saturated heterocycles. The van der Waals surface area contributed by atoms with Crippen molar-refractivity contribution in [1.29, 1.82) is 0 Å². The minimum Gasteiger partial charge on any atom is -0.484 e. The van der Waals surface area contributed by atoms with Crippen LogP contribution < -0.4 is 4.74 Å². The summed E-state index contributed by atoms with van der Waals surface area (Å²) in [5, 5.41) is 0. The summed E-state index contributed by atoms with van der Waals surface area (Å²) < 4.78 is 18.5. The normalized spacial score (nSPS) is 10.6. The SMILES string of the molecule is CN(C)C(=O)COc1cccc(C(=O)/C=C/c2cccc(F)c2)c1. The molecule has 0 aliphatic rings. The maximum absolute atomic E-state index is 13.1. The summed E-state index contributed by atoms with van der Waals surface area (Å²) in [5.74, 6) is -0.317. The molecule has 4 nitrogen and oxygen atoms in total. The van der Waals surface area contributed by atoms with Gasteiger partial charge in [-0.25, -0.2) is 4.39 Å². The van der Waals surface area contributed by atoms with Gasteiger partial charge in [0.25, 0.3) is 5.91 Å². The van der Waals surface area contributed by atoms with Crippen LogP contribution in [0.5, 0.6) is 5.75 Å². The van der Waals surface area contributed by atoms with Crippen LogP contribution in [0.1, 0.15) is 15.9 Å². The standard InChI is InChI=1S/C19H18FNO3/c1-21(2)19(23)13-24-17-8-4-6-15(12-17)18(22)10-9-14-5-3-7-16(20)11-14/h3-12H,13H2,1-2H3/b10-9+. The maximum Gasteiger partial charge on any atom is 0.259 e. The van der Waals surface area contributed by atoms with E-state index in [1.807, 2.05) is 0 Å². The molecule has 2 aromatic carbocycles. The number of hydrogen-bond donors (Lipinski definition) is 0. The number of halogens is 1. The molecule has 0 atom stereocenters. The number of rotatable bonds is 6. The van der Waals surface area contributed by atoms with Crippen LogP contribution in [0.25, 0.3) is 6.08 Å². The van der Waals surface area contributed by atoms with Crippen molar-refractivity contribution in [2.45, 2.75) is 0 Å². The molecule has 0 aliphatic heterocycles. The molecule has 124 valence electrons. The minimum absolute atomic E-state index is 0.0935. The highest BCUT2D eigenvalue weighted by molar-refractivity contribution is 6.07. The van der Waals surface area contributed by atoms with Crippen molar-refractivity contribution < 1.29 is 18.7 Å². The molecule has 0 N–H and O–H groups in total. The highest BCUT2D eigenvalue weighted by Gasteiger charge is 2.07. The number of hydrogen-bond acceptors (Lipinski definition) is 3. The predicted molar refractivity (Wildman–Crippen MR) is 90.4 cm³/mol. The van der Waals surface area contributed by atoms with Crippen LogP contribution in [-0.2, 0) is 4.79 Å². The molecule has 1 amide bonds. The van der Waals surface area contributed by atoms with Gasteiger partial charge in [0.15, 0.2) is 12.4 Å². The van der Waals surface area contributed by atoms with E-state index in [4.69, 9.17) is 4.74 Å². The average Bonchev–Trinajstić information content (AvgIpc) is 2.57. The highest BCUT2D eigenvalue weighted by atomic mass is 19.1. The first-order valence-electron chi connectivity index (χ1n) is 7.37. The summed E-state index contributed by atoms with van der Waals surface area (Å²) in [5.41, 5.74) is 1.03. The lowest BCUT2D eigenvalue weighted by Crippen LogP contribution is -2.27. The van der Waals surface area contributed by atoms with E-state index in [2.05, 4.69) is 0 Å². The van der Waals surface area contributed by atoms with Gasteiger partial charge in [-0.05, 0) is 35.9 Å². The molecule has 2 rings (SSSR count). The second-order valence-corrected chi connectivity index (χ2v) is 5.36. The van der Waals surface area contributed by atoms with Gasteiger partial charge in [0.05, 0.1) is 0 Å². The number of ketones is 1. The third-order valence-electron chi connectivity index (χ3n) is 3.26. The number of nitrogens with zero attached hydrogens (tertiary/aromatic N) is 1. The number of amides is 1. The topological polar surface area (TPSA) is 46.6 Å². The number of benzene rings is 2. The van der Waals surface area contributed by atoms with E-state index in [-0.39, 0.29) is 24.1 Å². The molecule has 0 unspecified atom stereocenters. The van der Waals surface area contributed by atoms with Gasteiger partial charge in [0.1, 0.15) is 11.6 Å². The van der Waals surface area contributed by atoms with E-state index in [1.165, 1.54) is 23.1 Å². The van der Waals surface area contributed by atoms with E-state index >= 15 is 0 Å². The van der Waals surface area contributed by atoms with Crippen molar-refractivity contribution >= 4 is 17.8 Å². The molecule has 0 bridgehead atoms. The van der Waals surface area contributed by atoms with Gasteiger partial charge in [-0.3, -0.25) is 9.59 Å². The zero-order valence-corrected chi connectivity index (χ0v) is 13.5. The maximum atomic E-state index is 13.1. The summed E-state index contributed by atoms with van der Waals surface area (Å²) >= 11 is 0. The van der Waals surface area contributed by atoms with Crippen LogP contribution in [0.3, 0.4) is 0 Å². The predicted octanol–water partition coefficient (Wildman–Crippen LogP) is 3.19. The molecule has 0 aliphatic carbocycles. The monoisotopic (exact) mass is 327 g/mol. The second-order valence-electron chi connectivity index (χ2n) is 5.36. The molecular formula is C19H18FNO3. The summed E-state index contributed by atoms with van der Waals surface area (Å²) in [6.45, 7) is -0.0935. The molecule has 0 heterocycles. The van der Waals surface area contributed by atoms with Gasteiger partial charge in [-0.2, -0.15) is 0 Å². The molecule has 24 heavy (non-hydrogen) atoms. The number of carbonyl (C=O) groups excluding carboxylic acids is 2. The van der Waals surface area contributed by atoms with E-state index in [0.29, 0.717) is 16.9 Å². The molecule has 0 radical (unpaired) electrons. The first-order valence-corrected chi connectivity index (χ1v) is 7.37. The first-order chi connectivity index (χ1) is 11.5. The summed E-state index contributed by atoms with van der Waals surface area (Å²) in [6, 6.07) is 12.6. The summed E-state index contributed by atoms with van der Waals surface area (Å²) in [7, 11) is 3.28. The van der Waals surface area contributed by atoms with Crippen molar-refractivity contribution in [2.75, 3.05) is 20.7 Å². The molecular weight excluding hydrogens is 309 g/mol. The Hall–Kier alpha value is -2.95. The number of likely N-dealkylation sites (N-methyl/N-ethyl adjacent to an activating group) is 1. The van der Waals surface area contributed by atoms with Crippen molar-refractivity contribution in [3.05, 3.63) is 71.6 Å². The molecule has 0 aromatic heterocycles. The van der Waals surface area contributed by atoms with Gasteiger partial charge in [-0.15, -0.1) is 0 Å². The molecule has 0 spiro atoms. The van der Waals surface area contributed by atoms with Gasteiger partial charge in [-0.1, -0.05) is 30.3 Å². The largest absolute Gasteiger partial charge is 0.484 e. The smallest absolute Gasteiger partial charge is 0.259 e. The Labute approximate surface area is 140 Å². The van der Waals surface area contributed by atoms with Crippen molar-refractivity contribution in [3.8, 4) is 5.75 Å². The Kier molecular flexibility index (Phi) is 5.84. The van der Waals surface area contributed by atoms with Gasteiger partial charge < -0.3 is 9.64 Å². The zero-order chi connectivity index (χ0) is 17.5. The average molecular weight is 327 g/mol. The Morgan fingerprint density at radius 3 is 2.58 bits per heavy atom. The van der Waals surface area contributed by atoms with Crippen molar-refractivity contribution in [1.82, 2.24) is 4.90 Å². The molecule has 0 fully saturated rings. The van der Waals surface area contributed by atoms with Gasteiger partial charge >= 0.3 is 0 Å². The fourth-order valence-corrected chi connectivity index (χ4v) is 1.89. The van der Waals surface area contributed by atoms with Crippen molar-refractivity contribution in [2.24, 2.45) is 0 Å². The van der Waals surface area contributed by atoms with Crippen LogP contribution in [0, 0.1) is 5.82 Å². The van der Waals surface area contributed by atoms with Crippen LogP contribution in [0.2, 0.25) is 0 Å². The second kappa shape index (κ2) is 8.06. The number of allylic oxidation sites excluding steroid dienone is 1. The Morgan fingerprint density at radius 1 is 1.12 bits per heavy atom. The van der Waals surface area contributed by atoms with E-state index in [0.717, 1.165) is 0 Å². The van der Waals surface area contributed by atoms with E-state index in [9.17, 15) is 14.0 Å². The Balaban J connectivity index is 2.04. The third-order valence-corrected chi connectivity index (χ3v) is 3.26. The first kappa shape index (κ1) is 17.4. The van der Waals surface area contributed by atoms with Crippen LogP contribution >= 0.6 is 0 Å². The fourth-order valence-electron chi connectivity index (χ4n) is 1.89. The summed E-state index contributed by atoms with van der Waals surface area (Å²) in [4.78, 5) is 25.1. The van der Waals surface area contributed by atoms with Crippen LogP contribution in [0.4, 0.5) is 4.39 Å². The molecule has 0 saturated carbocycles. The highest BCUT2D eigenvalue weighted by Crippen LogP contribution is 2.15. The molecule has 2 aromatic rings. The number of ether oxygens (including phenoxy) is 1. The Bertz CT molecular complexity index is 769. The molecule has 5 heteroatoms. The number of carbonyl (C=O) groups is 2. The summed E-state index contributed by atoms with van der Waals surface area (Å²) in [6.07, 6.45) is 2.92. The zero-order valence-electron chi connectivity index (χ0n) is 13.5. The van der Waals surface area contributed by atoms with E-state index < -0.39 is 0 Å². The lowest BCUT2D eigenvalue weighted by atomic mass is 10.1. The quantitative estimate of drug-likeness (QED) is 0.605. The van der Waals surface area contributed by atoms with Gasteiger partial charge in [0, 0.05) is 19.7 Å². The third kappa shape index (κ3) is 5.05. The lowest BCUT2D eigenvalue weighted by molar-refractivity contribution is -0.130.